The van der Waals surface area contributed by atoms with Gasteiger partial charge in [0.2, 0.25) is 5.91 Å². The van der Waals surface area contributed by atoms with Crippen molar-refractivity contribution in [2.24, 2.45) is 0 Å². The summed E-state index contributed by atoms with van der Waals surface area (Å²) in [5.74, 6) is 0.666. The molecule has 0 aliphatic carbocycles. The summed E-state index contributed by atoms with van der Waals surface area (Å²) < 4.78 is 11.3. The molecule has 0 radical (unpaired) electrons. The van der Waals surface area contributed by atoms with Crippen LogP contribution in [0.1, 0.15) is 34.8 Å². The second kappa shape index (κ2) is 10.3. The van der Waals surface area contributed by atoms with Gasteiger partial charge in [0.1, 0.15) is 6.61 Å². The molecule has 3 rings (SSSR count). The lowest BCUT2D eigenvalue weighted by Crippen LogP contribution is -2.14. The molecule has 2 amide bonds. The number of ether oxygens (including phenoxy) is 2. The molecule has 0 fully saturated rings. The van der Waals surface area contributed by atoms with E-state index in [1.165, 1.54) is 7.11 Å². The fraction of sp³-hybridized carbons (Fsp3) is 0.200. The van der Waals surface area contributed by atoms with Crippen molar-refractivity contribution >= 4 is 23.2 Å². The number of nitrogens with one attached hydrogen (secondary N) is 2. The van der Waals surface area contributed by atoms with E-state index in [0.29, 0.717) is 41.5 Å². The minimum absolute atomic E-state index is 0.0862. The highest BCUT2D eigenvalue weighted by Gasteiger charge is 2.13. The van der Waals surface area contributed by atoms with Gasteiger partial charge in [-0.3, -0.25) is 9.59 Å². The predicted molar refractivity (Wildman–Crippen MR) is 122 cm³/mol. The van der Waals surface area contributed by atoms with Crippen molar-refractivity contribution in [3.63, 3.8) is 0 Å². The maximum atomic E-state index is 12.8. The first-order chi connectivity index (χ1) is 15.0. The Kier molecular flexibility index (Phi) is 7.27. The normalized spacial score (nSPS) is 10.3. The van der Waals surface area contributed by atoms with Crippen LogP contribution in [0, 0.1) is 6.92 Å². The zero-order valence-electron chi connectivity index (χ0n) is 17.9. The number of rotatable bonds is 8. The van der Waals surface area contributed by atoms with Gasteiger partial charge in [-0.25, -0.2) is 0 Å². The molecular weight excluding hydrogens is 392 g/mol. The molecule has 0 unspecified atom stereocenters. The van der Waals surface area contributed by atoms with Gasteiger partial charge in [0.15, 0.2) is 11.5 Å². The van der Waals surface area contributed by atoms with Crippen LogP contribution in [-0.2, 0) is 11.4 Å². The predicted octanol–water partition coefficient (Wildman–Crippen LogP) is 5.18. The van der Waals surface area contributed by atoms with E-state index >= 15 is 0 Å². The van der Waals surface area contributed by atoms with Gasteiger partial charge in [0, 0.05) is 23.4 Å². The molecule has 0 bridgehead atoms. The van der Waals surface area contributed by atoms with Crippen molar-refractivity contribution in [3.8, 4) is 11.5 Å². The molecule has 2 N–H and O–H groups in total. The molecule has 3 aromatic rings. The molecule has 160 valence electrons. The molecule has 0 atom stereocenters. The van der Waals surface area contributed by atoms with Gasteiger partial charge in [0.25, 0.3) is 5.91 Å². The largest absolute Gasteiger partial charge is 0.493 e. The Morgan fingerprint density at radius 2 is 1.68 bits per heavy atom. The van der Waals surface area contributed by atoms with Crippen LogP contribution < -0.4 is 20.1 Å². The van der Waals surface area contributed by atoms with E-state index in [1.54, 1.807) is 37.3 Å². The van der Waals surface area contributed by atoms with E-state index in [-0.39, 0.29) is 11.8 Å². The Morgan fingerprint density at radius 3 is 2.39 bits per heavy atom. The van der Waals surface area contributed by atoms with E-state index in [1.807, 2.05) is 43.3 Å². The SMILES string of the molecule is CCC(=O)Nc1ccc(C)c(NC(=O)c2ccc(OCc3ccccc3)c(OC)c2)c1. The number of aryl methyl sites for hydroxylation is 1. The Labute approximate surface area is 182 Å². The van der Waals surface area contributed by atoms with E-state index in [0.717, 1.165) is 11.1 Å². The Morgan fingerprint density at radius 1 is 0.903 bits per heavy atom. The maximum absolute atomic E-state index is 12.8. The number of methoxy groups -OCH3 is 1. The third-order valence-electron chi connectivity index (χ3n) is 4.75. The highest BCUT2D eigenvalue weighted by molar-refractivity contribution is 6.05. The van der Waals surface area contributed by atoms with Crippen LogP contribution in [-0.4, -0.2) is 18.9 Å². The summed E-state index contributed by atoms with van der Waals surface area (Å²) in [6.45, 7) is 4.08. The van der Waals surface area contributed by atoms with Gasteiger partial charge in [-0.05, 0) is 48.4 Å². The monoisotopic (exact) mass is 418 g/mol. The van der Waals surface area contributed by atoms with Crippen molar-refractivity contribution in [1.29, 1.82) is 0 Å². The average molecular weight is 418 g/mol. The summed E-state index contributed by atoms with van der Waals surface area (Å²) in [5.41, 5.74) is 3.62. The van der Waals surface area contributed by atoms with Crippen LogP contribution in [0.2, 0.25) is 0 Å². The van der Waals surface area contributed by atoms with Crippen LogP contribution in [0.15, 0.2) is 66.7 Å². The average Bonchev–Trinajstić information content (AvgIpc) is 2.80. The first-order valence-corrected chi connectivity index (χ1v) is 10.1. The smallest absolute Gasteiger partial charge is 0.255 e. The maximum Gasteiger partial charge on any atom is 0.255 e. The van der Waals surface area contributed by atoms with Gasteiger partial charge < -0.3 is 20.1 Å². The third-order valence-corrected chi connectivity index (χ3v) is 4.75. The fourth-order valence-electron chi connectivity index (χ4n) is 2.94. The summed E-state index contributed by atoms with van der Waals surface area (Å²) in [7, 11) is 1.54. The van der Waals surface area contributed by atoms with Crippen LogP contribution >= 0.6 is 0 Å². The Hall–Kier alpha value is -3.80. The minimum atomic E-state index is -0.282. The summed E-state index contributed by atoms with van der Waals surface area (Å²) in [6.07, 6.45) is 0.383. The summed E-state index contributed by atoms with van der Waals surface area (Å²) in [5, 5.41) is 5.70. The highest BCUT2D eigenvalue weighted by atomic mass is 16.5. The van der Waals surface area contributed by atoms with Gasteiger partial charge in [-0.15, -0.1) is 0 Å². The molecule has 0 aliphatic heterocycles. The highest BCUT2D eigenvalue weighted by Crippen LogP contribution is 2.29. The molecule has 0 saturated heterocycles. The minimum Gasteiger partial charge on any atom is -0.493 e. The summed E-state index contributed by atoms with van der Waals surface area (Å²) in [6, 6.07) is 20.3. The molecule has 0 aliphatic rings. The summed E-state index contributed by atoms with van der Waals surface area (Å²) >= 11 is 0. The molecule has 0 aromatic heterocycles. The lowest BCUT2D eigenvalue weighted by Gasteiger charge is -2.14. The molecule has 6 heteroatoms. The van der Waals surface area contributed by atoms with Crippen LogP contribution in [0.25, 0.3) is 0 Å². The molecular formula is C25H26N2O4. The fourth-order valence-corrected chi connectivity index (χ4v) is 2.94. The number of carbonyl (C=O) groups is 2. The van der Waals surface area contributed by atoms with E-state index in [2.05, 4.69) is 10.6 Å². The second-order valence-electron chi connectivity index (χ2n) is 7.03. The first kappa shape index (κ1) is 21.9. The zero-order valence-corrected chi connectivity index (χ0v) is 17.9. The molecule has 3 aromatic carbocycles. The zero-order chi connectivity index (χ0) is 22.2. The van der Waals surface area contributed by atoms with Crippen molar-refractivity contribution in [1.82, 2.24) is 0 Å². The quantitative estimate of drug-likeness (QED) is 0.528. The standard InChI is InChI=1S/C25H26N2O4/c1-4-24(28)26-20-12-10-17(2)21(15-20)27-25(29)19-11-13-22(23(14-19)30-3)31-16-18-8-6-5-7-9-18/h5-15H,4,16H2,1-3H3,(H,26,28)(H,27,29). The van der Waals surface area contributed by atoms with E-state index in [4.69, 9.17) is 9.47 Å². The van der Waals surface area contributed by atoms with Gasteiger partial charge >= 0.3 is 0 Å². The van der Waals surface area contributed by atoms with E-state index in [9.17, 15) is 9.59 Å². The second-order valence-corrected chi connectivity index (χ2v) is 7.03. The summed E-state index contributed by atoms with van der Waals surface area (Å²) in [4.78, 5) is 24.5. The number of carbonyl (C=O) groups excluding carboxylic acids is 2. The number of hydrogen-bond acceptors (Lipinski definition) is 4. The number of hydrogen-bond donors (Lipinski definition) is 2. The molecule has 31 heavy (non-hydrogen) atoms. The topological polar surface area (TPSA) is 76.7 Å². The van der Waals surface area contributed by atoms with Gasteiger partial charge in [-0.1, -0.05) is 43.3 Å². The Bertz CT molecular complexity index is 1060. The lowest BCUT2D eigenvalue weighted by atomic mass is 10.1. The van der Waals surface area contributed by atoms with Crippen molar-refractivity contribution in [2.75, 3.05) is 17.7 Å². The van der Waals surface area contributed by atoms with Gasteiger partial charge in [-0.2, -0.15) is 0 Å². The molecule has 0 heterocycles. The number of anilines is 2. The number of benzene rings is 3. The van der Waals surface area contributed by atoms with Crippen LogP contribution in [0.4, 0.5) is 11.4 Å². The van der Waals surface area contributed by atoms with Crippen molar-refractivity contribution < 1.29 is 19.1 Å². The van der Waals surface area contributed by atoms with Crippen LogP contribution in [0.3, 0.4) is 0 Å². The van der Waals surface area contributed by atoms with Crippen LogP contribution in [0.5, 0.6) is 11.5 Å². The number of amides is 2. The van der Waals surface area contributed by atoms with Gasteiger partial charge in [0.05, 0.1) is 7.11 Å². The molecule has 0 spiro atoms. The lowest BCUT2D eigenvalue weighted by molar-refractivity contribution is -0.115. The first-order valence-electron chi connectivity index (χ1n) is 10.1. The molecule has 6 nitrogen and oxygen atoms in total. The van der Waals surface area contributed by atoms with E-state index < -0.39 is 0 Å². The van der Waals surface area contributed by atoms with Crippen molar-refractivity contribution in [2.45, 2.75) is 26.9 Å². The third kappa shape index (κ3) is 5.85. The van der Waals surface area contributed by atoms with Crippen molar-refractivity contribution in [3.05, 3.63) is 83.4 Å². The Balaban J connectivity index is 1.73. The molecule has 0 saturated carbocycles.